The van der Waals surface area contributed by atoms with Gasteiger partial charge < -0.3 is 15.0 Å². The lowest BCUT2D eigenvalue weighted by Crippen LogP contribution is -2.56. The van der Waals surface area contributed by atoms with Crippen molar-refractivity contribution in [1.82, 2.24) is 10.2 Å². The summed E-state index contributed by atoms with van der Waals surface area (Å²) in [5.41, 5.74) is 0.643. The van der Waals surface area contributed by atoms with Crippen LogP contribution in [0, 0.1) is 3.57 Å². The van der Waals surface area contributed by atoms with Crippen LogP contribution in [0.2, 0.25) is 0 Å². The number of rotatable bonds is 3. The number of morpholine rings is 1. The van der Waals surface area contributed by atoms with E-state index in [1.165, 1.54) is 0 Å². The summed E-state index contributed by atoms with van der Waals surface area (Å²) in [7, 11) is 0. The molecule has 21 heavy (non-hydrogen) atoms. The zero-order valence-electron chi connectivity index (χ0n) is 11.5. The lowest BCUT2D eigenvalue weighted by atomic mass is 10.1. The summed E-state index contributed by atoms with van der Waals surface area (Å²) in [5.74, 6) is -0.198. The number of carbonyl (C=O) groups excluding carboxylic acids is 2. The lowest BCUT2D eigenvalue weighted by molar-refractivity contribution is -0.130. The fourth-order valence-corrected chi connectivity index (χ4v) is 3.00. The zero-order valence-corrected chi connectivity index (χ0v) is 13.7. The molecule has 1 N–H and O–H groups in total. The molecule has 0 spiro atoms. The van der Waals surface area contributed by atoms with E-state index < -0.39 is 6.04 Å². The quantitative estimate of drug-likeness (QED) is 0.781. The van der Waals surface area contributed by atoms with Gasteiger partial charge in [0.1, 0.15) is 6.04 Å². The molecule has 0 radical (unpaired) electrons. The Kier molecular flexibility index (Phi) is 4.44. The maximum absolute atomic E-state index is 12.7. The number of halogens is 1. The number of carbonyl (C=O) groups is 2. The predicted molar refractivity (Wildman–Crippen MR) is 86.0 cm³/mol. The second-order valence-electron chi connectivity index (χ2n) is 5.35. The Labute approximate surface area is 137 Å². The van der Waals surface area contributed by atoms with E-state index >= 15 is 0 Å². The van der Waals surface area contributed by atoms with Crippen LogP contribution in [0.25, 0.3) is 0 Å². The molecule has 0 bridgehead atoms. The van der Waals surface area contributed by atoms with Crippen LogP contribution >= 0.6 is 22.6 Å². The van der Waals surface area contributed by atoms with Crippen LogP contribution < -0.4 is 5.32 Å². The lowest BCUT2D eigenvalue weighted by Gasteiger charge is -2.34. The number of nitrogens with one attached hydrogen (secondary N) is 1. The van der Waals surface area contributed by atoms with Gasteiger partial charge in [0.15, 0.2) is 0 Å². The minimum Gasteiger partial charge on any atom is -0.377 e. The first kappa shape index (κ1) is 14.8. The molecule has 1 unspecified atom stereocenters. The molecule has 2 amide bonds. The molecule has 2 fully saturated rings. The van der Waals surface area contributed by atoms with Crippen LogP contribution in [0.1, 0.15) is 23.2 Å². The summed E-state index contributed by atoms with van der Waals surface area (Å²) < 4.78 is 6.29. The molecule has 1 saturated carbocycles. The van der Waals surface area contributed by atoms with Gasteiger partial charge in [-0.3, -0.25) is 9.59 Å². The molecule has 1 atom stereocenters. The highest BCUT2D eigenvalue weighted by molar-refractivity contribution is 14.1. The molecule has 112 valence electrons. The third-order valence-electron chi connectivity index (χ3n) is 3.72. The van der Waals surface area contributed by atoms with Crippen LogP contribution in [0.3, 0.4) is 0 Å². The molecule has 1 aliphatic carbocycles. The first-order valence-electron chi connectivity index (χ1n) is 7.10. The summed E-state index contributed by atoms with van der Waals surface area (Å²) in [6.45, 7) is 1.20. The fraction of sp³-hybridized carbons (Fsp3) is 0.467. The van der Waals surface area contributed by atoms with Crippen molar-refractivity contribution in [3.8, 4) is 0 Å². The van der Waals surface area contributed by atoms with E-state index in [2.05, 4.69) is 27.9 Å². The fourth-order valence-electron chi connectivity index (χ4n) is 2.38. The monoisotopic (exact) mass is 400 g/mol. The third kappa shape index (κ3) is 3.37. The van der Waals surface area contributed by atoms with Crippen molar-refractivity contribution in [1.29, 1.82) is 0 Å². The van der Waals surface area contributed by atoms with E-state index in [1.807, 2.05) is 18.2 Å². The van der Waals surface area contributed by atoms with E-state index in [0.717, 1.165) is 16.4 Å². The highest BCUT2D eigenvalue weighted by atomic mass is 127. The van der Waals surface area contributed by atoms with Crippen molar-refractivity contribution in [2.75, 3.05) is 19.8 Å². The second kappa shape index (κ2) is 6.31. The highest BCUT2D eigenvalue weighted by Crippen LogP contribution is 2.21. The van der Waals surface area contributed by atoms with Crippen molar-refractivity contribution < 1.29 is 14.3 Å². The van der Waals surface area contributed by atoms with Gasteiger partial charge in [-0.2, -0.15) is 0 Å². The summed E-state index contributed by atoms with van der Waals surface area (Å²) in [4.78, 5) is 26.7. The summed E-state index contributed by atoms with van der Waals surface area (Å²) in [6, 6.07) is 7.20. The Morgan fingerprint density at radius 1 is 1.29 bits per heavy atom. The molecular weight excluding hydrogens is 383 g/mol. The van der Waals surface area contributed by atoms with Gasteiger partial charge in [-0.25, -0.2) is 0 Å². The molecule has 1 aromatic carbocycles. The topological polar surface area (TPSA) is 58.6 Å². The van der Waals surface area contributed by atoms with Crippen molar-refractivity contribution >= 4 is 34.4 Å². The number of ether oxygens (including phenoxy) is 1. The molecular formula is C15H17IN2O3. The Balaban J connectivity index is 1.78. The highest BCUT2D eigenvalue weighted by Gasteiger charge is 2.36. The zero-order chi connectivity index (χ0) is 14.8. The van der Waals surface area contributed by atoms with Gasteiger partial charge in [-0.1, -0.05) is 12.1 Å². The maximum Gasteiger partial charge on any atom is 0.255 e. The second-order valence-corrected chi connectivity index (χ2v) is 6.51. The number of hydrogen-bond donors (Lipinski definition) is 1. The van der Waals surface area contributed by atoms with Crippen LogP contribution in [-0.2, 0) is 9.53 Å². The van der Waals surface area contributed by atoms with Crippen LogP contribution in [0.4, 0.5) is 0 Å². The summed E-state index contributed by atoms with van der Waals surface area (Å²) in [6.07, 6.45) is 2.06. The number of amides is 2. The Bertz CT molecular complexity index is 560. The first-order valence-corrected chi connectivity index (χ1v) is 8.18. The molecule has 6 heteroatoms. The van der Waals surface area contributed by atoms with Gasteiger partial charge in [-0.05, 0) is 47.6 Å². The predicted octanol–water partition coefficient (Wildman–Crippen LogP) is 1.41. The molecule has 2 aliphatic rings. The van der Waals surface area contributed by atoms with Crippen molar-refractivity contribution in [3.05, 3.63) is 33.4 Å². The van der Waals surface area contributed by atoms with Crippen molar-refractivity contribution in [2.24, 2.45) is 0 Å². The normalized spacial score (nSPS) is 22.0. The van der Waals surface area contributed by atoms with Gasteiger partial charge in [0.2, 0.25) is 5.91 Å². The minimum atomic E-state index is -0.525. The molecule has 3 rings (SSSR count). The summed E-state index contributed by atoms with van der Waals surface area (Å²) >= 11 is 2.15. The number of nitrogens with zero attached hydrogens (tertiary/aromatic N) is 1. The van der Waals surface area contributed by atoms with E-state index in [0.29, 0.717) is 18.7 Å². The van der Waals surface area contributed by atoms with Gasteiger partial charge in [0.05, 0.1) is 18.8 Å². The van der Waals surface area contributed by atoms with Crippen LogP contribution in [0.5, 0.6) is 0 Å². The average Bonchev–Trinajstić information content (AvgIpc) is 3.31. The molecule has 1 aliphatic heterocycles. The minimum absolute atomic E-state index is 0.0979. The van der Waals surface area contributed by atoms with Gasteiger partial charge in [0.25, 0.3) is 5.91 Å². The van der Waals surface area contributed by atoms with E-state index in [9.17, 15) is 9.59 Å². The van der Waals surface area contributed by atoms with E-state index in [-0.39, 0.29) is 24.5 Å². The Morgan fingerprint density at radius 2 is 2.05 bits per heavy atom. The number of hydrogen-bond acceptors (Lipinski definition) is 3. The van der Waals surface area contributed by atoms with Gasteiger partial charge in [0, 0.05) is 16.2 Å². The molecule has 1 saturated heterocycles. The Hall–Kier alpha value is -1.15. The first-order chi connectivity index (χ1) is 10.2. The van der Waals surface area contributed by atoms with Crippen LogP contribution in [0.15, 0.2) is 24.3 Å². The molecule has 1 aromatic rings. The molecule has 1 heterocycles. The van der Waals surface area contributed by atoms with Gasteiger partial charge >= 0.3 is 0 Å². The molecule has 5 nitrogen and oxygen atoms in total. The number of benzene rings is 1. The third-order valence-corrected chi connectivity index (χ3v) is 4.66. The van der Waals surface area contributed by atoms with Gasteiger partial charge in [-0.15, -0.1) is 0 Å². The van der Waals surface area contributed by atoms with Crippen molar-refractivity contribution in [2.45, 2.75) is 24.9 Å². The van der Waals surface area contributed by atoms with Crippen molar-refractivity contribution in [3.63, 3.8) is 0 Å². The van der Waals surface area contributed by atoms with E-state index in [4.69, 9.17) is 4.74 Å². The Morgan fingerprint density at radius 3 is 2.76 bits per heavy atom. The summed E-state index contributed by atoms with van der Waals surface area (Å²) in [5, 5.41) is 2.96. The molecule has 0 aromatic heterocycles. The largest absolute Gasteiger partial charge is 0.377 e. The average molecular weight is 400 g/mol. The van der Waals surface area contributed by atoms with E-state index in [1.54, 1.807) is 11.0 Å². The standard InChI is InChI=1S/C15H17IN2O3/c16-12-4-2-1-3-11(12)15(20)18-7-8-21-9-13(18)14(19)17-10-5-6-10/h1-4,10,13H,5-9H2,(H,17,19). The van der Waals surface area contributed by atoms with Crippen LogP contribution in [-0.4, -0.2) is 48.6 Å². The maximum atomic E-state index is 12.7. The smallest absolute Gasteiger partial charge is 0.255 e. The SMILES string of the molecule is O=C(NC1CC1)C1COCCN1C(=O)c1ccccc1I.